The molecule has 4 N–H and O–H groups in total. The standard InChI is InChI=1S/C21H25N3O4/c1-14(25)19(20(26)23-28)22-21(27)24-11-10-18(13-24)17-9-5-8-16(12-17)15-6-3-2-4-7-15/h2-9,12,14,18-19,25,28H,10-11,13H2,1H3,(H,22,27)(H,23,26)/t14-,18?,19+/m0/s1. The molecule has 1 aliphatic rings. The van der Waals surface area contributed by atoms with Gasteiger partial charge in [-0.25, -0.2) is 10.3 Å². The van der Waals surface area contributed by atoms with Crippen molar-refractivity contribution in [3.63, 3.8) is 0 Å². The molecule has 0 aliphatic carbocycles. The number of hydrogen-bond donors (Lipinski definition) is 4. The minimum Gasteiger partial charge on any atom is -0.391 e. The summed E-state index contributed by atoms with van der Waals surface area (Å²) in [4.78, 5) is 25.7. The third-order valence-corrected chi connectivity index (χ3v) is 5.09. The molecule has 0 aromatic heterocycles. The predicted octanol–water partition coefficient (Wildman–Crippen LogP) is 2.11. The van der Waals surface area contributed by atoms with Gasteiger partial charge < -0.3 is 15.3 Å². The van der Waals surface area contributed by atoms with Crippen LogP contribution in [-0.2, 0) is 4.79 Å². The number of likely N-dealkylation sites (tertiary alicyclic amines) is 1. The van der Waals surface area contributed by atoms with Crippen LogP contribution in [0.4, 0.5) is 4.79 Å². The summed E-state index contributed by atoms with van der Waals surface area (Å²) in [6.45, 7) is 2.46. The topological polar surface area (TPSA) is 102 Å². The molecular weight excluding hydrogens is 358 g/mol. The fourth-order valence-corrected chi connectivity index (χ4v) is 3.52. The molecule has 0 saturated carbocycles. The molecule has 2 aromatic rings. The highest BCUT2D eigenvalue weighted by molar-refractivity contribution is 5.87. The number of nitrogens with one attached hydrogen (secondary N) is 2. The molecule has 1 fully saturated rings. The zero-order chi connectivity index (χ0) is 20.1. The van der Waals surface area contributed by atoms with E-state index in [2.05, 4.69) is 35.6 Å². The molecule has 0 bridgehead atoms. The normalized spacial score (nSPS) is 18.4. The SMILES string of the molecule is C[C@H](O)[C@@H](NC(=O)N1CCC(c2cccc(-c3ccccc3)c2)C1)C(=O)NO. The van der Waals surface area contributed by atoms with Crippen LogP contribution < -0.4 is 10.8 Å². The third kappa shape index (κ3) is 4.49. The van der Waals surface area contributed by atoms with Crippen molar-refractivity contribution in [1.82, 2.24) is 15.7 Å². The Morgan fingerprint density at radius 2 is 1.82 bits per heavy atom. The Balaban J connectivity index is 1.67. The van der Waals surface area contributed by atoms with Crippen molar-refractivity contribution in [2.24, 2.45) is 0 Å². The Morgan fingerprint density at radius 1 is 1.11 bits per heavy atom. The van der Waals surface area contributed by atoms with Crippen molar-refractivity contribution in [2.45, 2.75) is 31.4 Å². The zero-order valence-electron chi connectivity index (χ0n) is 15.7. The Hall–Kier alpha value is -2.90. The zero-order valence-corrected chi connectivity index (χ0v) is 15.7. The van der Waals surface area contributed by atoms with Crippen molar-refractivity contribution in [3.05, 3.63) is 60.2 Å². The maximum Gasteiger partial charge on any atom is 0.318 e. The van der Waals surface area contributed by atoms with E-state index in [4.69, 9.17) is 5.21 Å². The Morgan fingerprint density at radius 3 is 2.50 bits per heavy atom. The fourth-order valence-electron chi connectivity index (χ4n) is 3.52. The molecule has 7 nitrogen and oxygen atoms in total. The van der Waals surface area contributed by atoms with Gasteiger partial charge in [0.1, 0.15) is 6.04 Å². The van der Waals surface area contributed by atoms with Gasteiger partial charge in [0.05, 0.1) is 6.10 Å². The van der Waals surface area contributed by atoms with Gasteiger partial charge in [-0.3, -0.25) is 10.0 Å². The van der Waals surface area contributed by atoms with Crippen LogP contribution in [0.5, 0.6) is 0 Å². The maximum atomic E-state index is 12.5. The van der Waals surface area contributed by atoms with Crippen LogP contribution in [0, 0.1) is 0 Å². The quantitative estimate of drug-likeness (QED) is 0.469. The number of rotatable bonds is 5. The molecule has 0 spiro atoms. The molecule has 1 aliphatic heterocycles. The molecule has 2 aromatic carbocycles. The third-order valence-electron chi connectivity index (χ3n) is 5.09. The van der Waals surface area contributed by atoms with Gasteiger partial charge in [0.15, 0.2) is 0 Å². The molecule has 148 valence electrons. The highest BCUT2D eigenvalue weighted by atomic mass is 16.5. The lowest BCUT2D eigenvalue weighted by molar-refractivity contribution is -0.133. The first-order chi connectivity index (χ1) is 13.5. The summed E-state index contributed by atoms with van der Waals surface area (Å²) in [6.07, 6.45) is -0.311. The van der Waals surface area contributed by atoms with Crippen LogP contribution in [-0.4, -0.2) is 52.4 Å². The first kappa shape index (κ1) is 19.9. The van der Waals surface area contributed by atoms with Gasteiger partial charge in [-0.2, -0.15) is 0 Å². The lowest BCUT2D eigenvalue weighted by Gasteiger charge is -2.23. The molecule has 1 unspecified atom stereocenters. The molecule has 3 amide bonds. The molecule has 3 atom stereocenters. The van der Waals surface area contributed by atoms with E-state index in [-0.39, 0.29) is 5.92 Å². The first-order valence-corrected chi connectivity index (χ1v) is 9.32. The highest BCUT2D eigenvalue weighted by Crippen LogP contribution is 2.30. The van der Waals surface area contributed by atoms with Gasteiger partial charge in [0.25, 0.3) is 5.91 Å². The van der Waals surface area contributed by atoms with Gasteiger partial charge in [-0.05, 0) is 30.0 Å². The number of carbonyl (C=O) groups is 2. The Labute approximate surface area is 163 Å². The number of benzene rings is 2. The maximum absolute atomic E-state index is 12.5. The minimum absolute atomic E-state index is 0.200. The monoisotopic (exact) mass is 383 g/mol. The van der Waals surface area contributed by atoms with Gasteiger partial charge in [0, 0.05) is 19.0 Å². The van der Waals surface area contributed by atoms with Crippen LogP contribution in [0.25, 0.3) is 11.1 Å². The summed E-state index contributed by atoms with van der Waals surface area (Å²) in [5, 5.41) is 20.9. The van der Waals surface area contributed by atoms with E-state index < -0.39 is 24.1 Å². The lowest BCUT2D eigenvalue weighted by atomic mass is 9.94. The predicted molar refractivity (Wildman–Crippen MR) is 105 cm³/mol. The number of amides is 3. The van der Waals surface area contributed by atoms with E-state index in [1.165, 1.54) is 12.4 Å². The molecule has 1 saturated heterocycles. The Kier molecular flexibility index (Phi) is 6.28. The fraction of sp³-hybridized carbons (Fsp3) is 0.333. The highest BCUT2D eigenvalue weighted by Gasteiger charge is 2.31. The van der Waals surface area contributed by atoms with Crippen LogP contribution in [0.15, 0.2) is 54.6 Å². The van der Waals surface area contributed by atoms with E-state index >= 15 is 0 Å². The molecule has 1 heterocycles. The van der Waals surface area contributed by atoms with Crippen molar-refractivity contribution >= 4 is 11.9 Å². The second kappa shape index (κ2) is 8.86. The van der Waals surface area contributed by atoms with Crippen LogP contribution in [0.1, 0.15) is 24.8 Å². The average molecular weight is 383 g/mol. The van der Waals surface area contributed by atoms with E-state index in [0.717, 1.165) is 23.1 Å². The number of hydrogen-bond acceptors (Lipinski definition) is 4. The van der Waals surface area contributed by atoms with E-state index in [1.807, 2.05) is 24.3 Å². The second-order valence-electron chi connectivity index (χ2n) is 7.07. The summed E-state index contributed by atoms with van der Waals surface area (Å²) in [6, 6.07) is 16.8. The van der Waals surface area contributed by atoms with Crippen LogP contribution in [0.2, 0.25) is 0 Å². The largest absolute Gasteiger partial charge is 0.391 e. The van der Waals surface area contributed by atoms with E-state index in [1.54, 1.807) is 4.90 Å². The molecule has 3 rings (SSSR count). The molecule has 0 radical (unpaired) electrons. The summed E-state index contributed by atoms with van der Waals surface area (Å²) in [7, 11) is 0. The van der Waals surface area contributed by atoms with Crippen molar-refractivity contribution in [1.29, 1.82) is 0 Å². The lowest BCUT2D eigenvalue weighted by Crippen LogP contribution is -2.54. The van der Waals surface area contributed by atoms with Gasteiger partial charge >= 0.3 is 6.03 Å². The van der Waals surface area contributed by atoms with Crippen LogP contribution >= 0.6 is 0 Å². The summed E-state index contributed by atoms with van der Waals surface area (Å²) < 4.78 is 0. The minimum atomic E-state index is -1.21. The molecular formula is C21H25N3O4. The van der Waals surface area contributed by atoms with E-state index in [0.29, 0.717) is 13.1 Å². The molecule has 28 heavy (non-hydrogen) atoms. The smallest absolute Gasteiger partial charge is 0.318 e. The second-order valence-corrected chi connectivity index (χ2v) is 7.07. The van der Waals surface area contributed by atoms with Crippen LogP contribution in [0.3, 0.4) is 0 Å². The summed E-state index contributed by atoms with van der Waals surface area (Å²) >= 11 is 0. The molecule has 7 heteroatoms. The number of aliphatic hydroxyl groups excluding tert-OH is 1. The number of hydroxylamine groups is 1. The average Bonchev–Trinajstić information content (AvgIpc) is 3.22. The summed E-state index contributed by atoms with van der Waals surface area (Å²) in [5.41, 5.74) is 4.91. The summed E-state index contributed by atoms with van der Waals surface area (Å²) in [5.74, 6) is -0.652. The van der Waals surface area contributed by atoms with Gasteiger partial charge in [-0.15, -0.1) is 0 Å². The van der Waals surface area contributed by atoms with E-state index in [9.17, 15) is 14.7 Å². The number of nitrogens with zero attached hydrogens (tertiary/aromatic N) is 1. The van der Waals surface area contributed by atoms with Gasteiger partial charge in [0.2, 0.25) is 0 Å². The number of urea groups is 1. The van der Waals surface area contributed by atoms with Crippen molar-refractivity contribution < 1.29 is 19.9 Å². The number of carbonyl (C=O) groups excluding carboxylic acids is 2. The number of aliphatic hydroxyl groups is 1. The van der Waals surface area contributed by atoms with Crippen molar-refractivity contribution in [2.75, 3.05) is 13.1 Å². The first-order valence-electron chi connectivity index (χ1n) is 9.32. The van der Waals surface area contributed by atoms with Crippen molar-refractivity contribution in [3.8, 4) is 11.1 Å². The van der Waals surface area contributed by atoms with Gasteiger partial charge in [-0.1, -0.05) is 54.6 Å². The Bertz CT molecular complexity index is 825.